The fourth-order valence-corrected chi connectivity index (χ4v) is 3.37. The molecule has 0 bridgehead atoms. The molecule has 44 heavy (non-hydrogen) atoms. The number of hydrogen-bond donors (Lipinski definition) is 1. The second-order valence-corrected chi connectivity index (χ2v) is 8.98. The Bertz CT molecular complexity index is 1400. The summed E-state index contributed by atoms with van der Waals surface area (Å²) in [6.07, 6.45) is -11.3. The van der Waals surface area contributed by atoms with Crippen LogP contribution >= 0.6 is 11.6 Å². The lowest BCUT2D eigenvalue weighted by Gasteiger charge is -2.24. The topological polar surface area (TPSA) is 97.3 Å². The molecule has 1 heterocycles. The summed E-state index contributed by atoms with van der Waals surface area (Å²) in [5.41, 5.74) is 1.64. The smallest absolute Gasteiger partial charge is 0.463 e. The van der Waals surface area contributed by atoms with Gasteiger partial charge in [0, 0.05) is 24.1 Å². The predicted molar refractivity (Wildman–Crippen MR) is 134 cm³/mol. The highest BCUT2D eigenvalue weighted by atomic mass is 35.5. The number of carbonyl (C=O) groups excluding carboxylic acids is 3. The number of hydrazone groups is 1. The summed E-state index contributed by atoms with van der Waals surface area (Å²) in [6.45, 7) is 0.0303. The SMILES string of the molecule is COc1ccc(C2=NN(Cc3ccc(NC(=O)C(F)(F)C(F)(F)F)cc3)C(=O)CC2)cc1OC.O=C(Cl)C(F)(F)C(F)(F)F. The third-order valence-electron chi connectivity index (χ3n) is 5.61. The van der Waals surface area contributed by atoms with E-state index in [0.717, 1.165) is 17.7 Å². The predicted octanol–water partition coefficient (Wildman–Crippen LogP) is 6.32. The van der Waals surface area contributed by atoms with Crippen LogP contribution in [0.15, 0.2) is 47.6 Å². The quantitative estimate of drug-likeness (QED) is 0.263. The average molecular weight is 668 g/mol. The van der Waals surface area contributed by atoms with Crippen molar-refractivity contribution in [2.24, 2.45) is 5.10 Å². The molecule has 0 aromatic heterocycles. The molecule has 0 spiro atoms. The molecule has 2 amide bonds. The van der Waals surface area contributed by atoms with Gasteiger partial charge >= 0.3 is 35.3 Å². The van der Waals surface area contributed by atoms with Crippen LogP contribution < -0.4 is 14.8 Å². The Morgan fingerprint density at radius 1 is 0.841 bits per heavy atom. The van der Waals surface area contributed by atoms with Crippen molar-refractivity contribution in [2.45, 2.75) is 43.6 Å². The van der Waals surface area contributed by atoms with Gasteiger partial charge in [-0.15, -0.1) is 0 Å². The van der Waals surface area contributed by atoms with Crippen LogP contribution in [0, 0.1) is 0 Å². The summed E-state index contributed by atoms with van der Waals surface area (Å²) in [5.74, 6) is -12.7. The van der Waals surface area contributed by atoms with Crippen LogP contribution in [-0.4, -0.2) is 66.2 Å². The number of alkyl halides is 10. The minimum absolute atomic E-state index is 0.0303. The van der Waals surface area contributed by atoms with Crippen molar-refractivity contribution in [3.8, 4) is 11.5 Å². The third kappa shape index (κ3) is 8.51. The van der Waals surface area contributed by atoms with Crippen molar-refractivity contribution >= 4 is 40.1 Å². The van der Waals surface area contributed by atoms with Gasteiger partial charge in [-0.25, -0.2) is 5.01 Å². The van der Waals surface area contributed by atoms with Gasteiger partial charge in [0.15, 0.2) is 11.5 Å². The average Bonchev–Trinajstić information content (AvgIpc) is 2.93. The van der Waals surface area contributed by atoms with Gasteiger partial charge in [-0.1, -0.05) is 12.1 Å². The molecule has 19 heteroatoms. The van der Waals surface area contributed by atoms with Crippen LogP contribution in [0.4, 0.5) is 49.6 Å². The summed E-state index contributed by atoms with van der Waals surface area (Å²) in [6, 6.07) is 10.3. The van der Waals surface area contributed by atoms with Crippen molar-refractivity contribution in [2.75, 3.05) is 19.5 Å². The van der Waals surface area contributed by atoms with Crippen LogP contribution in [0.5, 0.6) is 11.5 Å². The fourth-order valence-electron chi connectivity index (χ4n) is 3.26. The third-order valence-corrected chi connectivity index (χ3v) is 5.85. The number of amides is 2. The first-order valence-electron chi connectivity index (χ1n) is 11.7. The minimum atomic E-state index is -6.00. The molecule has 242 valence electrons. The Kier molecular flexibility index (Phi) is 11.2. The van der Waals surface area contributed by atoms with E-state index in [1.807, 2.05) is 0 Å². The highest BCUT2D eigenvalue weighted by Gasteiger charge is 2.64. The number of anilines is 1. The van der Waals surface area contributed by atoms with Crippen molar-refractivity contribution in [3.05, 3.63) is 53.6 Å². The highest BCUT2D eigenvalue weighted by Crippen LogP contribution is 2.37. The number of ether oxygens (including phenoxy) is 2. The molecule has 3 rings (SSSR count). The number of benzene rings is 2. The molecule has 0 aliphatic carbocycles. The summed E-state index contributed by atoms with van der Waals surface area (Å²) in [5, 5.41) is 4.45. The zero-order chi connectivity index (χ0) is 33.7. The molecule has 0 atom stereocenters. The Morgan fingerprint density at radius 3 is 1.84 bits per heavy atom. The van der Waals surface area contributed by atoms with E-state index >= 15 is 0 Å². The number of halogens is 11. The molecule has 0 saturated carbocycles. The summed E-state index contributed by atoms with van der Waals surface area (Å²) < 4.78 is 130. The van der Waals surface area contributed by atoms with E-state index in [0.29, 0.717) is 29.2 Å². The molecule has 8 nitrogen and oxygen atoms in total. The lowest BCUT2D eigenvalue weighted by atomic mass is 10.0. The van der Waals surface area contributed by atoms with Crippen molar-refractivity contribution in [3.63, 3.8) is 0 Å². The zero-order valence-corrected chi connectivity index (χ0v) is 23.0. The maximum atomic E-state index is 13.1. The lowest BCUT2D eigenvalue weighted by molar-refractivity contribution is -0.267. The van der Waals surface area contributed by atoms with E-state index in [2.05, 4.69) is 16.7 Å². The van der Waals surface area contributed by atoms with Crippen LogP contribution in [0.1, 0.15) is 24.0 Å². The van der Waals surface area contributed by atoms with Gasteiger partial charge in [0.1, 0.15) is 0 Å². The number of hydrogen-bond acceptors (Lipinski definition) is 6. The Hall–Kier alpha value is -4.09. The van der Waals surface area contributed by atoms with E-state index in [-0.39, 0.29) is 24.6 Å². The first kappa shape index (κ1) is 36.1. The molecule has 2 aromatic carbocycles. The van der Waals surface area contributed by atoms with Crippen molar-refractivity contribution in [1.82, 2.24) is 5.01 Å². The van der Waals surface area contributed by atoms with Crippen LogP contribution in [0.25, 0.3) is 0 Å². The molecular formula is C25H20ClF10N3O5. The molecule has 2 aromatic rings. The first-order valence-corrected chi connectivity index (χ1v) is 12.1. The molecule has 1 aliphatic rings. The van der Waals surface area contributed by atoms with E-state index in [4.69, 9.17) is 9.47 Å². The Morgan fingerprint density at radius 2 is 1.39 bits per heavy atom. The molecule has 1 aliphatic heterocycles. The van der Waals surface area contributed by atoms with Crippen LogP contribution in [0.2, 0.25) is 0 Å². The summed E-state index contributed by atoms with van der Waals surface area (Å²) >= 11 is 3.95. The number of rotatable bonds is 8. The van der Waals surface area contributed by atoms with Gasteiger partial charge in [0.25, 0.3) is 0 Å². The highest BCUT2D eigenvalue weighted by molar-refractivity contribution is 6.65. The number of carbonyl (C=O) groups is 3. The standard InChI is InChI=1S/C22H20F5N3O4.C3ClF5O/c1-33-17-9-5-14(11-18(17)34-2)16-8-10-19(31)30(29-16)12-13-3-6-15(7-4-13)28-20(32)21(23,24)22(25,26)27;4-1(10)2(5,6)3(7,8)9/h3-7,9,11H,8,10,12H2,1-2H3,(H,28,32);. The van der Waals surface area contributed by atoms with E-state index < -0.39 is 35.3 Å². The lowest BCUT2D eigenvalue weighted by Crippen LogP contribution is -2.47. The molecule has 1 N–H and O–H groups in total. The van der Waals surface area contributed by atoms with E-state index in [1.165, 1.54) is 36.7 Å². The monoisotopic (exact) mass is 667 g/mol. The fraction of sp³-hybridized carbons (Fsp3) is 0.360. The molecular weight excluding hydrogens is 648 g/mol. The van der Waals surface area contributed by atoms with Crippen LogP contribution in [0.3, 0.4) is 0 Å². The van der Waals surface area contributed by atoms with Crippen molar-refractivity contribution < 1.29 is 67.8 Å². The van der Waals surface area contributed by atoms with Gasteiger partial charge in [0.2, 0.25) is 5.91 Å². The second kappa shape index (κ2) is 13.7. The maximum absolute atomic E-state index is 13.1. The van der Waals surface area contributed by atoms with E-state index in [9.17, 15) is 58.3 Å². The number of nitrogens with one attached hydrogen (secondary N) is 1. The second-order valence-electron chi connectivity index (χ2n) is 8.64. The van der Waals surface area contributed by atoms with Gasteiger partial charge in [-0.3, -0.25) is 14.4 Å². The normalized spacial score (nSPS) is 14.2. The molecule has 0 saturated heterocycles. The minimum Gasteiger partial charge on any atom is -0.493 e. The van der Waals surface area contributed by atoms with E-state index in [1.54, 1.807) is 18.2 Å². The molecule has 0 radical (unpaired) electrons. The van der Waals surface area contributed by atoms with Crippen LogP contribution in [-0.2, 0) is 20.9 Å². The summed E-state index contributed by atoms with van der Waals surface area (Å²) in [4.78, 5) is 33.1. The van der Waals surface area contributed by atoms with Gasteiger partial charge < -0.3 is 14.8 Å². The Balaban J connectivity index is 0.000000580. The van der Waals surface area contributed by atoms with Gasteiger partial charge in [-0.2, -0.15) is 49.0 Å². The van der Waals surface area contributed by atoms with Crippen molar-refractivity contribution in [1.29, 1.82) is 0 Å². The zero-order valence-electron chi connectivity index (χ0n) is 22.3. The van der Waals surface area contributed by atoms with Gasteiger partial charge in [-0.05, 0) is 47.5 Å². The summed E-state index contributed by atoms with van der Waals surface area (Å²) in [7, 11) is 3.01. The molecule has 0 fully saturated rings. The Labute approximate surface area is 246 Å². The van der Waals surface area contributed by atoms with Gasteiger partial charge in [0.05, 0.1) is 26.5 Å². The largest absolute Gasteiger partial charge is 0.493 e. The number of methoxy groups -OCH3 is 2. The first-order chi connectivity index (χ1) is 20.1. The number of nitrogens with zero attached hydrogens (tertiary/aromatic N) is 2. The maximum Gasteiger partial charge on any atom is 0.463 e. The molecule has 0 unspecified atom stereocenters.